The van der Waals surface area contributed by atoms with Gasteiger partial charge in [0.05, 0.1) is 6.54 Å². The Labute approximate surface area is 212 Å². The number of anilines is 2. The molecule has 0 saturated carbocycles. The predicted octanol–water partition coefficient (Wildman–Crippen LogP) is 6.20. The van der Waals surface area contributed by atoms with Crippen LogP contribution in [0, 0.1) is 6.92 Å². The number of halogens is 1. The summed E-state index contributed by atoms with van der Waals surface area (Å²) in [7, 11) is 0. The van der Waals surface area contributed by atoms with Crippen LogP contribution in [0.2, 0.25) is 5.02 Å². The van der Waals surface area contributed by atoms with Gasteiger partial charge in [0, 0.05) is 27.5 Å². The summed E-state index contributed by atoms with van der Waals surface area (Å²) in [6, 6.07) is 23.7. The molecular formula is C27H20ClN3O3S. The molecule has 2 N–H and O–H groups in total. The number of benzene rings is 3. The van der Waals surface area contributed by atoms with Crippen molar-refractivity contribution in [2.45, 2.75) is 13.5 Å². The van der Waals surface area contributed by atoms with Gasteiger partial charge in [0.1, 0.15) is 5.76 Å². The van der Waals surface area contributed by atoms with Gasteiger partial charge in [0.25, 0.3) is 11.8 Å². The van der Waals surface area contributed by atoms with E-state index < -0.39 is 5.91 Å². The van der Waals surface area contributed by atoms with Gasteiger partial charge in [0.2, 0.25) is 0 Å². The lowest BCUT2D eigenvalue weighted by Gasteiger charge is -2.16. The minimum atomic E-state index is -0.469. The number of hydrogen-bond acceptors (Lipinski definition) is 4. The molecule has 35 heavy (non-hydrogen) atoms. The largest absolute Gasteiger partial charge is 0.451 e. The molecule has 0 spiro atoms. The Hall–Kier alpha value is -3.94. The number of hydrogen-bond donors (Lipinski definition) is 2. The number of carbonyl (C=O) groups excluding carboxylic acids is 2. The molecule has 1 aromatic heterocycles. The van der Waals surface area contributed by atoms with Gasteiger partial charge < -0.3 is 14.6 Å². The molecule has 5 rings (SSSR count). The van der Waals surface area contributed by atoms with Gasteiger partial charge in [-0.15, -0.1) is 0 Å². The van der Waals surface area contributed by atoms with E-state index in [0.717, 1.165) is 27.9 Å². The summed E-state index contributed by atoms with van der Waals surface area (Å²) in [6.45, 7) is 2.45. The number of aryl methyl sites for hydroxylation is 1. The Kier molecular flexibility index (Phi) is 6.11. The van der Waals surface area contributed by atoms with Gasteiger partial charge in [-0.2, -0.15) is 0 Å². The second-order valence-electron chi connectivity index (χ2n) is 8.13. The van der Waals surface area contributed by atoms with Gasteiger partial charge in [-0.1, -0.05) is 41.9 Å². The Morgan fingerprint density at radius 3 is 2.54 bits per heavy atom. The zero-order valence-electron chi connectivity index (χ0n) is 18.7. The molecule has 3 aromatic carbocycles. The summed E-state index contributed by atoms with van der Waals surface area (Å²) in [5.74, 6) is 0.173. The zero-order chi connectivity index (χ0) is 24.5. The molecule has 1 aliphatic rings. The minimum absolute atomic E-state index is 0.0187. The summed E-state index contributed by atoms with van der Waals surface area (Å²) in [4.78, 5) is 27.0. The first-order valence-electron chi connectivity index (χ1n) is 10.9. The molecule has 2 heterocycles. The van der Waals surface area contributed by atoms with Gasteiger partial charge in [-0.3, -0.25) is 14.9 Å². The lowest BCUT2D eigenvalue weighted by atomic mass is 10.1. The fourth-order valence-corrected chi connectivity index (χ4v) is 4.27. The molecule has 4 aromatic rings. The van der Waals surface area contributed by atoms with Crippen LogP contribution in [-0.2, 0) is 6.54 Å². The lowest BCUT2D eigenvalue weighted by Crippen LogP contribution is -2.33. The highest BCUT2D eigenvalue weighted by Gasteiger charge is 2.27. The minimum Gasteiger partial charge on any atom is -0.451 e. The van der Waals surface area contributed by atoms with Crippen LogP contribution in [0.5, 0.6) is 0 Å². The zero-order valence-corrected chi connectivity index (χ0v) is 20.2. The maximum absolute atomic E-state index is 12.7. The van der Waals surface area contributed by atoms with Gasteiger partial charge in [-0.05, 0) is 78.8 Å². The van der Waals surface area contributed by atoms with E-state index in [1.54, 1.807) is 35.2 Å². The van der Waals surface area contributed by atoms with Crippen molar-refractivity contribution in [2.75, 3.05) is 10.2 Å². The molecule has 6 nitrogen and oxygen atoms in total. The van der Waals surface area contributed by atoms with Crippen molar-refractivity contribution >= 4 is 52.1 Å². The molecule has 0 atom stereocenters. The van der Waals surface area contributed by atoms with Crippen molar-refractivity contribution in [3.63, 3.8) is 0 Å². The van der Waals surface area contributed by atoms with E-state index in [9.17, 15) is 9.59 Å². The molecular weight excluding hydrogens is 482 g/mol. The van der Waals surface area contributed by atoms with Gasteiger partial charge >= 0.3 is 0 Å². The molecule has 0 radical (unpaired) electrons. The average Bonchev–Trinajstić information content (AvgIpc) is 3.47. The summed E-state index contributed by atoms with van der Waals surface area (Å²) in [5.41, 5.74) is 4.94. The summed E-state index contributed by atoms with van der Waals surface area (Å²) < 4.78 is 5.69. The first-order valence-corrected chi connectivity index (χ1v) is 11.7. The van der Waals surface area contributed by atoms with Crippen LogP contribution in [0.1, 0.15) is 32.0 Å². The third kappa shape index (κ3) is 4.69. The maximum Gasteiger partial charge on any atom is 0.293 e. The number of furan rings is 1. The SMILES string of the molecule is Cc1ccc(-c2ccc(C(=O)NC(=S)Nc3ccc(N4Cc5ccccc5C4=O)cc3)o2)cc1Cl. The lowest BCUT2D eigenvalue weighted by molar-refractivity contribution is 0.0950. The van der Waals surface area contributed by atoms with Crippen molar-refractivity contribution in [2.24, 2.45) is 0 Å². The number of thiocarbonyl (C=S) groups is 1. The Bertz CT molecular complexity index is 1460. The van der Waals surface area contributed by atoms with Crippen molar-refractivity contribution in [1.29, 1.82) is 0 Å². The molecule has 0 bridgehead atoms. The molecule has 1 aliphatic heterocycles. The van der Waals surface area contributed by atoms with E-state index >= 15 is 0 Å². The Morgan fingerprint density at radius 1 is 1.03 bits per heavy atom. The fraction of sp³-hybridized carbons (Fsp3) is 0.0741. The monoisotopic (exact) mass is 501 g/mol. The first kappa shape index (κ1) is 22.8. The second-order valence-corrected chi connectivity index (χ2v) is 8.95. The quantitative estimate of drug-likeness (QED) is 0.326. The van der Waals surface area contributed by atoms with Crippen LogP contribution < -0.4 is 15.5 Å². The number of rotatable bonds is 4. The van der Waals surface area contributed by atoms with Crippen molar-refractivity contribution < 1.29 is 14.0 Å². The van der Waals surface area contributed by atoms with E-state index in [0.29, 0.717) is 23.0 Å². The average molecular weight is 502 g/mol. The molecule has 0 unspecified atom stereocenters. The molecule has 2 amide bonds. The molecule has 0 aliphatic carbocycles. The van der Waals surface area contributed by atoms with Crippen molar-refractivity contribution in [1.82, 2.24) is 5.32 Å². The van der Waals surface area contributed by atoms with Gasteiger partial charge in [0.15, 0.2) is 10.9 Å². The predicted molar refractivity (Wildman–Crippen MR) is 141 cm³/mol. The normalized spacial score (nSPS) is 12.4. The number of nitrogens with zero attached hydrogens (tertiary/aromatic N) is 1. The third-order valence-corrected chi connectivity index (χ3v) is 6.38. The van der Waals surface area contributed by atoms with Gasteiger partial charge in [-0.25, -0.2) is 0 Å². The van der Waals surface area contributed by atoms with Crippen molar-refractivity contribution in [3.8, 4) is 11.3 Å². The molecule has 8 heteroatoms. The first-order chi connectivity index (χ1) is 16.9. The van der Waals surface area contributed by atoms with Crippen LogP contribution in [0.4, 0.5) is 11.4 Å². The highest BCUT2D eigenvalue weighted by molar-refractivity contribution is 7.80. The Balaban J connectivity index is 1.20. The molecule has 0 saturated heterocycles. The van der Waals surface area contributed by atoms with Crippen LogP contribution >= 0.6 is 23.8 Å². The summed E-state index contributed by atoms with van der Waals surface area (Å²) >= 11 is 11.5. The second kappa shape index (κ2) is 9.37. The number of fused-ring (bicyclic) bond motifs is 1. The van der Waals surface area contributed by atoms with Crippen molar-refractivity contribution in [3.05, 3.63) is 106 Å². The van der Waals surface area contributed by atoms with E-state index in [-0.39, 0.29) is 16.8 Å². The maximum atomic E-state index is 12.7. The fourth-order valence-electron chi connectivity index (χ4n) is 3.88. The van der Waals surface area contributed by atoms with E-state index in [2.05, 4.69) is 10.6 Å². The summed E-state index contributed by atoms with van der Waals surface area (Å²) in [5, 5.41) is 6.35. The highest BCUT2D eigenvalue weighted by Crippen LogP contribution is 2.29. The number of nitrogens with one attached hydrogen (secondary N) is 2. The summed E-state index contributed by atoms with van der Waals surface area (Å²) in [6.07, 6.45) is 0. The Morgan fingerprint density at radius 2 is 1.80 bits per heavy atom. The van der Waals surface area contributed by atoms with Crippen LogP contribution in [0.25, 0.3) is 11.3 Å². The number of carbonyl (C=O) groups is 2. The standard InChI is InChI=1S/C27H20ClN3O3S/c1-16-6-7-17(14-22(16)28)23-12-13-24(34-23)25(32)30-27(35)29-19-8-10-20(11-9-19)31-15-18-4-2-3-5-21(18)26(31)33/h2-14H,15H2,1H3,(H2,29,30,32,35). The number of amides is 2. The van der Waals surface area contributed by atoms with E-state index in [1.807, 2.05) is 55.5 Å². The van der Waals surface area contributed by atoms with E-state index in [1.165, 1.54) is 0 Å². The van der Waals surface area contributed by atoms with E-state index in [4.69, 9.17) is 28.2 Å². The highest BCUT2D eigenvalue weighted by atomic mass is 35.5. The smallest absolute Gasteiger partial charge is 0.293 e. The van der Waals surface area contributed by atoms with Crippen LogP contribution in [-0.4, -0.2) is 16.9 Å². The molecule has 0 fully saturated rings. The third-order valence-electron chi connectivity index (χ3n) is 5.77. The molecule has 174 valence electrons. The van der Waals surface area contributed by atoms with Crippen LogP contribution in [0.3, 0.4) is 0 Å². The van der Waals surface area contributed by atoms with Crippen LogP contribution in [0.15, 0.2) is 83.3 Å². The topological polar surface area (TPSA) is 74.6 Å².